The van der Waals surface area contributed by atoms with Gasteiger partial charge in [0.2, 0.25) is 0 Å². The van der Waals surface area contributed by atoms with Gasteiger partial charge in [0.05, 0.1) is 18.7 Å². The molecule has 2 aromatic rings. The lowest BCUT2D eigenvalue weighted by Crippen LogP contribution is -2.48. The second-order valence-electron chi connectivity index (χ2n) is 7.26. The normalized spacial score (nSPS) is 14.4. The van der Waals surface area contributed by atoms with Crippen molar-refractivity contribution in [1.29, 1.82) is 0 Å². The van der Waals surface area contributed by atoms with Crippen LogP contribution in [0.2, 0.25) is 5.02 Å². The van der Waals surface area contributed by atoms with Crippen LogP contribution in [-0.2, 0) is 0 Å². The second kappa shape index (κ2) is 11.1. The van der Waals surface area contributed by atoms with Gasteiger partial charge in [0.1, 0.15) is 0 Å². The molecule has 0 atom stereocenters. The van der Waals surface area contributed by atoms with Gasteiger partial charge in [-0.1, -0.05) is 36.7 Å². The fourth-order valence-electron chi connectivity index (χ4n) is 3.49. The van der Waals surface area contributed by atoms with Crippen LogP contribution in [0.3, 0.4) is 0 Å². The standard InChI is InChI=1S/C23H30ClN3O3/c1-3-15-30-22-20(24)16-18(17-21(22)29-2)23(28)25-9-10-26-11-13-27(14-12-26)19-7-5-4-6-8-19/h4-8,16-17H,3,9-15H2,1-2H3,(H,25,28). The molecule has 162 valence electrons. The Morgan fingerprint density at radius 3 is 2.53 bits per heavy atom. The van der Waals surface area contributed by atoms with Crippen molar-refractivity contribution in [3.05, 3.63) is 53.1 Å². The van der Waals surface area contributed by atoms with E-state index in [0.717, 1.165) is 39.1 Å². The summed E-state index contributed by atoms with van der Waals surface area (Å²) in [6.07, 6.45) is 0.862. The number of piperazine rings is 1. The number of rotatable bonds is 9. The first-order valence-corrected chi connectivity index (χ1v) is 10.8. The van der Waals surface area contributed by atoms with Crippen LogP contribution in [0.1, 0.15) is 23.7 Å². The molecule has 0 aliphatic carbocycles. The van der Waals surface area contributed by atoms with E-state index in [9.17, 15) is 4.79 Å². The zero-order valence-corrected chi connectivity index (χ0v) is 18.5. The summed E-state index contributed by atoms with van der Waals surface area (Å²) in [5, 5.41) is 3.36. The lowest BCUT2D eigenvalue weighted by molar-refractivity contribution is 0.0947. The molecule has 30 heavy (non-hydrogen) atoms. The topological polar surface area (TPSA) is 54.0 Å². The Kier molecular flexibility index (Phi) is 8.22. The second-order valence-corrected chi connectivity index (χ2v) is 7.67. The lowest BCUT2D eigenvalue weighted by Gasteiger charge is -2.36. The maximum atomic E-state index is 12.6. The number of nitrogens with zero attached hydrogens (tertiary/aromatic N) is 2. The van der Waals surface area contributed by atoms with Crippen molar-refractivity contribution in [2.24, 2.45) is 0 Å². The molecule has 1 saturated heterocycles. The van der Waals surface area contributed by atoms with Gasteiger partial charge in [0.15, 0.2) is 11.5 Å². The fraction of sp³-hybridized carbons (Fsp3) is 0.435. The average Bonchev–Trinajstić information content (AvgIpc) is 2.78. The molecule has 6 nitrogen and oxygen atoms in total. The first-order valence-electron chi connectivity index (χ1n) is 10.4. The van der Waals surface area contributed by atoms with E-state index < -0.39 is 0 Å². The number of ether oxygens (including phenoxy) is 2. The van der Waals surface area contributed by atoms with Crippen molar-refractivity contribution in [3.63, 3.8) is 0 Å². The van der Waals surface area contributed by atoms with Crippen molar-refractivity contribution in [2.75, 3.05) is 57.9 Å². The van der Waals surface area contributed by atoms with Crippen molar-refractivity contribution >= 4 is 23.2 Å². The van der Waals surface area contributed by atoms with Gasteiger partial charge < -0.3 is 19.7 Å². The molecule has 0 radical (unpaired) electrons. The fourth-order valence-corrected chi connectivity index (χ4v) is 3.76. The van der Waals surface area contributed by atoms with Crippen molar-refractivity contribution in [3.8, 4) is 11.5 Å². The molecule has 0 bridgehead atoms. The Balaban J connectivity index is 1.47. The highest BCUT2D eigenvalue weighted by atomic mass is 35.5. The summed E-state index contributed by atoms with van der Waals surface area (Å²) in [6, 6.07) is 13.8. The summed E-state index contributed by atoms with van der Waals surface area (Å²) in [5.74, 6) is 0.784. The molecule has 0 saturated carbocycles. The Bertz CT molecular complexity index is 824. The summed E-state index contributed by atoms with van der Waals surface area (Å²) in [5.41, 5.74) is 1.73. The average molecular weight is 432 g/mol. The van der Waals surface area contributed by atoms with Crippen LogP contribution in [0.4, 0.5) is 5.69 Å². The number of halogens is 1. The van der Waals surface area contributed by atoms with E-state index >= 15 is 0 Å². The van der Waals surface area contributed by atoms with Gasteiger partial charge in [-0.05, 0) is 30.7 Å². The minimum Gasteiger partial charge on any atom is -0.493 e. The van der Waals surface area contributed by atoms with Crippen LogP contribution in [0.15, 0.2) is 42.5 Å². The number of nitrogens with one attached hydrogen (secondary N) is 1. The monoisotopic (exact) mass is 431 g/mol. The molecule has 0 unspecified atom stereocenters. The number of benzene rings is 2. The van der Waals surface area contributed by atoms with Crippen molar-refractivity contribution in [1.82, 2.24) is 10.2 Å². The molecular formula is C23H30ClN3O3. The first-order chi connectivity index (χ1) is 14.6. The number of anilines is 1. The number of para-hydroxylation sites is 1. The van der Waals surface area contributed by atoms with Gasteiger partial charge in [-0.25, -0.2) is 0 Å². The minimum absolute atomic E-state index is 0.167. The van der Waals surface area contributed by atoms with E-state index in [2.05, 4.69) is 39.4 Å². The van der Waals surface area contributed by atoms with Crippen LogP contribution in [0.5, 0.6) is 11.5 Å². The highest BCUT2D eigenvalue weighted by Gasteiger charge is 2.18. The third-order valence-corrected chi connectivity index (χ3v) is 5.43. The van der Waals surface area contributed by atoms with Gasteiger partial charge in [-0.2, -0.15) is 0 Å². The molecule has 2 aromatic carbocycles. The third kappa shape index (κ3) is 5.80. The zero-order chi connectivity index (χ0) is 21.3. The van der Waals surface area contributed by atoms with Gasteiger partial charge >= 0.3 is 0 Å². The zero-order valence-electron chi connectivity index (χ0n) is 17.7. The van der Waals surface area contributed by atoms with Crippen LogP contribution < -0.4 is 19.7 Å². The number of hydrogen-bond acceptors (Lipinski definition) is 5. The predicted octanol–water partition coefficient (Wildman–Crippen LogP) is 3.69. The Morgan fingerprint density at radius 2 is 1.87 bits per heavy atom. The summed E-state index contributed by atoms with van der Waals surface area (Å²) in [4.78, 5) is 17.3. The molecule has 3 rings (SSSR count). The van der Waals surface area contributed by atoms with Crippen molar-refractivity contribution < 1.29 is 14.3 Å². The van der Waals surface area contributed by atoms with E-state index in [0.29, 0.717) is 35.2 Å². The van der Waals surface area contributed by atoms with Crippen LogP contribution in [-0.4, -0.2) is 63.8 Å². The van der Waals surface area contributed by atoms with Gasteiger partial charge in [-0.15, -0.1) is 0 Å². The number of amides is 1. The van der Waals surface area contributed by atoms with Gasteiger partial charge in [0.25, 0.3) is 5.91 Å². The van der Waals surface area contributed by atoms with E-state index in [-0.39, 0.29) is 5.91 Å². The maximum Gasteiger partial charge on any atom is 0.251 e. The largest absolute Gasteiger partial charge is 0.493 e. The molecular weight excluding hydrogens is 402 g/mol. The summed E-state index contributed by atoms with van der Waals surface area (Å²) >= 11 is 6.32. The highest BCUT2D eigenvalue weighted by molar-refractivity contribution is 6.32. The summed E-state index contributed by atoms with van der Waals surface area (Å²) in [6.45, 7) is 7.90. The predicted molar refractivity (Wildman–Crippen MR) is 121 cm³/mol. The number of carbonyl (C=O) groups excluding carboxylic acids is 1. The minimum atomic E-state index is -0.167. The molecule has 1 aliphatic heterocycles. The summed E-state index contributed by atoms with van der Waals surface area (Å²) in [7, 11) is 1.54. The number of hydrogen-bond donors (Lipinski definition) is 1. The number of methoxy groups -OCH3 is 1. The van der Waals surface area contributed by atoms with E-state index in [1.54, 1.807) is 19.2 Å². The maximum absolute atomic E-state index is 12.6. The van der Waals surface area contributed by atoms with Crippen LogP contribution in [0, 0.1) is 0 Å². The summed E-state index contributed by atoms with van der Waals surface area (Å²) < 4.78 is 11.0. The molecule has 1 heterocycles. The SMILES string of the molecule is CCCOc1c(Cl)cc(C(=O)NCCN2CCN(c3ccccc3)CC2)cc1OC. The van der Waals surface area contributed by atoms with Crippen LogP contribution in [0.25, 0.3) is 0 Å². The molecule has 0 aromatic heterocycles. The Labute approximate surface area is 183 Å². The smallest absolute Gasteiger partial charge is 0.251 e. The highest BCUT2D eigenvalue weighted by Crippen LogP contribution is 2.36. The van der Waals surface area contributed by atoms with E-state index in [4.69, 9.17) is 21.1 Å². The third-order valence-electron chi connectivity index (χ3n) is 5.15. The Morgan fingerprint density at radius 1 is 1.13 bits per heavy atom. The van der Waals surface area contributed by atoms with Crippen LogP contribution >= 0.6 is 11.6 Å². The molecule has 0 spiro atoms. The Hall–Kier alpha value is -2.44. The lowest BCUT2D eigenvalue weighted by atomic mass is 10.2. The molecule has 1 amide bonds. The quantitative estimate of drug-likeness (QED) is 0.656. The van der Waals surface area contributed by atoms with Crippen molar-refractivity contribution in [2.45, 2.75) is 13.3 Å². The van der Waals surface area contributed by atoms with E-state index in [1.807, 2.05) is 13.0 Å². The molecule has 1 N–H and O–H groups in total. The first kappa shape index (κ1) is 22.2. The molecule has 1 fully saturated rings. The van der Waals surface area contributed by atoms with E-state index in [1.165, 1.54) is 5.69 Å². The number of carbonyl (C=O) groups is 1. The molecule has 7 heteroatoms. The van der Waals surface area contributed by atoms with Gasteiger partial charge in [-0.3, -0.25) is 9.69 Å². The van der Waals surface area contributed by atoms with Gasteiger partial charge in [0, 0.05) is 50.5 Å². The molecule has 1 aliphatic rings.